The van der Waals surface area contributed by atoms with Gasteiger partial charge in [0.2, 0.25) is 0 Å². The topological polar surface area (TPSA) is 15.3 Å². The minimum atomic E-state index is -0.330. The summed E-state index contributed by atoms with van der Waals surface area (Å²) >= 11 is 5.79. The van der Waals surface area contributed by atoms with E-state index in [0.29, 0.717) is 0 Å². The average Bonchev–Trinajstić information content (AvgIpc) is 2.34. The minimum Gasteiger partial charge on any atom is -0.314 e. The maximum atomic E-state index is 13.7. The van der Waals surface area contributed by atoms with Crippen molar-refractivity contribution < 1.29 is 4.39 Å². The zero-order valence-electron chi connectivity index (χ0n) is 12.2. The van der Waals surface area contributed by atoms with Crippen molar-refractivity contribution in [3.05, 3.63) is 34.6 Å². The molecule has 0 unspecified atom stereocenters. The van der Waals surface area contributed by atoms with Crippen molar-refractivity contribution in [2.24, 2.45) is 5.41 Å². The highest BCUT2D eigenvalue weighted by Crippen LogP contribution is 2.38. The number of benzene rings is 1. The second-order valence-corrected chi connectivity index (χ2v) is 6.64. The van der Waals surface area contributed by atoms with Crippen molar-refractivity contribution in [1.29, 1.82) is 0 Å². The molecule has 1 aliphatic rings. The van der Waals surface area contributed by atoms with Crippen LogP contribution >= 0.6 is 24.0 Å². The lowest BCUT2D eigenvalue weighted by atomic mass is 9.81. The number of hydrogen-bond acceptors (Lipinski definition) is 2. The third-order valence-electron chi connectivity index (χ3n) is 3.60. The molecule has 1 aliphatic heterocycles. The summed E-state index contributed by atoms with van der Waals surface area (Å²) in [5.41, 5.74) is 1.06. The van der Waals surface area contributed by atoms with Crippen molar-refractivity contribution in [3.8, 4) is 0 Å². The van der Waals surface area contributed by atoms with E-state index in [1.165, 1.54) is 0 Å². The zero-order chi connectivity index (χ0) is 14.0. The zero-order valence-corrected chi connectivity index (χ0v) is 13.8. The van der Waals surface area contributed by atoms with Crippen molar-refractivity contribution in [1.82, 2.24) is 10.2 Å². The summed E-state index contributed by atoms with van der Waals surface area (Å²) < 4.78 is 13.7. The van der Waals surface area contributed by atoms with E-state index in [0.717, 1.165) is 31.7 Å². The molecule has 1 saturated heterocycles. The van der Waals surface area contributed by atoms with E-state index in [2.05, 4.69) is 31.0 Å². The fourth-order valence-electron chi connectivity index (χ4n) is 2.88. The molecule has 2 nitrogen and oxygen atoms in total. The highest BCUT2D eigenvalue weighted by atomic mass is 35.5. The first-order valence-corrected chi connectivity index (χ1v) is 7.17. The molecule has 0 bridgehead atoms. The van der Waals surface area contributed by atoms with Crippen molar-refractivity contribution >= 4 is 24.0 Å². The summed E-state index contributed by atoms with van der Waals surface area (Å²) in [5, 5.41) is 3.55. The van der Waals surface area contributed by atoms with Gasteiger partial charge in [0.1, 0.15) is 5.82 Å². The number of hydrogen-bond donors (Lipinski definition) is 1. The van der Waals surface area contributed by atoms with Crippen LogP contribution in [0.3, 0.4) is 0 Å². The second kappa shape index (κ2) is 7.08. The summed E-state index contributed by atoms with van der Waals surface area (Å²) in [7, 11) is 0. The third kappa shape index (κ3) is 4.08. The normalized spacial score (nSPS) is 18.4. The minimum absolute atomic E-state index is 0. The molecule has 1 heterocycles. The predicted molar refractivity (Wildman–Crippen MR) is 85.3 cm³/mol. The van der Waals surface area contributed by atoms with Crippen molar-refractivity contribution in [3.63, 3.8) is 0 Å². The van der Waals surface area contributed by atoms with E-state index in [9.17, 15) is 4.39 Å². The Hall–Kier alpha value is -0.350. The number of nitrogens with zero attached hydrogens (tertiary/aromatic N) is 1. The first-order valence-electron chi connectivity index (χ1n) is 6.79. The van der Waals surface area contributed by atoms with Gasteiger partial charge in [0.25, 0.3) is 0 Å². The fourth-order valence-corrected chi connectivity index (χ4v) is 3.00. The molecule has 0 spiro atoms. The maximum absolute atomic E-state index is 13.7. The summed E-state index contributed by atoms with van der Waals surface area (Å²) in [4.78, 5) is 2.43. The molecule has 20 heavy (non-hydrogen) atoms. The second-order valence-electron chi connectivity index (χ2n) is 6.23. The van der Waals surface area contributed by atoms with E-state index in [1.54, 1.807) is 12.1 Å². The SMILES string of the molecule is CC(C)(C)[C@H](c1ccc(Cl)c(F)c1)N1CCNCC1.Cl. The van der Waals surface area contributed by atoms with Gasteiger partial charge in [-0.25, -0.2) is 4.39 Å². The Morgan fingerprint density at radius 2 is 1.85 bits per heavy atom. The highest BCUT2D eigenvalue weighted by Gasteiger charge is 2.32. The largest absolute Gasteiger partial charge is 0.314 e. The molecule has 1 fully saturated rings. The highest BCUT2D eigenvalue weighted by molar-refractivity contribution is 6.30. The first-order chi connectivity index (χ1) is 8.89. The fraction of sp³-hybridized carbons (Fsp3) is 0.600. The summed E-state index contributed by atoms with van der Waals surface area (Å²) in [6.07, 6.45) is 0. The van der Waals surface area contributed by atoms with Crippen LogP contribution in [0, 0.1) is 11.2 Å². The molecule has 114 valence electrons. The Bertz CT molecular complexity index is 440. The van der Waals surface area contributed by atoms with E-state index >= 15 is 0 Å². The number of halogens is 3. The molecular weight excluding hydrogens is 298 g/mol. The van der Waals surface area contributed by atoms with Crippen LogP contribution in [0.4, 0.5) is 4.39 Å². The van der Waals surface area contributed by atoms with Gasteiger partial charge in [0.15, 0.2) is 0 Å². The molecule has 5 heteroatoms. The molecular formula is C15H23Cl2FN2. The van der Waals surface area contributed by atoms with Gasteiger partial charge >= 0.3 is 0 Å². The third-order valence-corrected chi connectivity index (χ3v) is 3.90. The molecule has 0 aromatic heterocycles. The molecule has 1 aromatic carbocycles. The van der Waals surface area contributed by atoms with E-state index < -0.39 is 0 Å². The molecule has 1 N–H and O–H groups in total. The Balaban J connectivity index is 0.00000200. The van der Waals surface area contributed by atoms with Crippen molar-refractivity contribution in [2.75, 3.05) is 26.2 Å². The summed E-state index contributed by atoms with van der Waals surface area (Å²) in [6.45, 7) is 10.6. The average molecular weight is 321 g/mol. The molecule has 0 aliphatic carbocycles. The summed E-state index contributed by atoms with van der Waals surface area (Å²) in [6, 6.07) is 5.40. The van der Waals surface area contributed by atoms with Gasteiger partial charge < -0.3 is 5.32 Å². The van der Waals surface area contributed by atoms with Crippen LogP contribution in [0.5, 0.6) is 0 Å². The van der Waals surface area contributed by atoms with Crippen LogP contribution < -0.4 is 5.32 Å². The van der Waals surface area contributed by atoms with E-state index in [-0.39, 0.29) is 34.7 Å². The predicted octanol–water partition coefficient (Wildman–Crippen LogP) is 3.89. The van der Waals surface area contributed by atoms with Gasteiger partial charge in [0, 0.05) is 32.2 Å². The van der Waals surface area contributed by atoms with Crippen LogP contribution in [0.15, 0.2) is 18.2 Å². The Labute approximate surface area is 132 Å². The van der Waals surface area contributed by atoms with Gasteiger partial charge in [-0.3, -0.25) is 4.90 Å². The molecule has 1 aromatic rings. The lowest BCUT2D eigenvalue weighted by Crippen LogP contribution is -2.48. The number of nitrogens with one attached hydrogen (secondary N) is 1. The Kier molecular flexibility index (Phi) is 6.26. The van der Waals surface area contributed by atoms with Crippen LogP contribution in [0.2, 0.25) is 5.02 Å². The molecule has 1 atom stereocenters. The number of piperazine rings is 1. The summed E-state index contributed by atoms with van der Waals surface area (Å²) in [5.74, 6) is -0.330. The Morgan fingerprint density at radius 1 is 1.25 bits per heavy atom. The van der Waals surface area contributed by atoms with Gasteiger partial charge in [-0.15, -0.1) is 12.4 Å². The smallest absolute Gasteiger partial charge is 0.142 e. The standard InChI is InChI=1S/C15H22ClFN2.ClH/c1-15(2,3)14(19-8-6-18-7-9-19)11-4-5-12(16)13(17)10-11;/h4-5,10,14,18H,6-9H2,1-3H3;1H/t14-;/m0./s1. The lowest BCUT2D eigenvalue weighted by Gasteiger charge is -2.42. The van der Waals surface area contributed by atoms with Crippen LogP contribution in [-0.2, 0) is 0 Å². The van der Waals surface area contributed by atoms with Crippen LogP contribution in [0.1, 0.15) is 32.4 Å². The van der Waals surface area contributed by atoms with Crippen molar-refractivity contribution in [2.45, 2.75) is 26.8 Å². The van der Waals surface area contributed by atoms with E-state index in [1.807, 2.05) is 6.07 Å². The van der Waals surface area contributed by atoms with Crippen LogP contribution in [-0.4, -0.2) is 31.1 Å². The van der Waals surface area contributed by atoms with Gasteiger partial charge in [-0.05, 0) is 23.1 Å². The lowest BCUT2D eigenvalue weighted by molar-refractivity contribution is 0.0860. The maximum Gasteiger partial charge on any atom is 0.142 e. The van der Waals surface area contributed by atoms with Gasteiger partial charge in [0.05, 0.1) is 5.02 Å². The molecule has 0 radical (unpaired) electrons. The van der Waals surface area contributed by atoms with Gasteiger partial charge in [-0.1, -0.05) is 38.4 Å². The molecule has 2 rings (SSSR count). The van der Waals surface area contributed by atoms with E-state index in [4.69, 9.17) is 11.6 Å². The number of rotatable bonds is 2. The Morgan fingerprint density at radius 3 is 2.35 bits per heavy atom. The molecule has 0 amide bonds. The first kappa shape index (κ1) is 17.7. The quantitative estimate of drug-likeness (QED) is 0.889. The van der Waals surface area contributed by atoms with Gasteiger partial charge in [-0.2, -0.15) is 0 Å². The monoisotopic (exact) mass is 320 g/mol. The van der Waals surface area contributed by atoms with Crippen LogP contribution in [0.25, 0.3) is 0 Å². The molecule has 0 saturated carbocycles.